The highest BCUT2D eigenvalue weighted by Gasteiger charge is 2.49. The van der Waals surface area contributed by atoms with Crippen LogP contribution in [0, 0.1) is 5.41 Å². The van der Waals surface area contributed by atoms with Crippen molar-refractivity contribution >= 4 is 22.3 Å². The Morgan fingerprint density at radius 2 is 2.03 bits per heavy atom. The summed E-state index contributed by atoms with van der Waals surface area (Å²) < 4.78 is 69.1. The number of alkyl halides is 3. The number of primary amides is 1. The zero-order valence-corrected chi connectivity index (χ0v) is 16.6. The number of halogens is 3. The van der Waals surface area contributed by atoms with E-state index in [0.717, 1.165) is 30.4 Å². The van der Waals surface area contributed by atoms with Crippen LogP contribution in [0.15, 0.2) is 24.0 Å². The van der Waals surface area contributed by atoms with Gasteiger partial charge in [0, 0.05) is 11.8 Å². The lowest BCUT2D eigenvalue weighted by Gasteiger charge is -2.24. The van der Waals surface area contributed by atoms with E-state index in [9.17, 15) is 26.4 Å². The molecule has 160 valence electrons. The van der Waals surface area contributed by atoms with Gasteiger partial charge in [0.2, 0.25) is 0 Å². The number of carbonyl (C=O) groups excluding carboxylic acids is 1. The van der Waals surface area contributed by atoms with Crippen LogP contribution in [0.5, 0.6) is 0 Å². The fraction of sp³-hybridized carbons (Fsp3) is 0.526. The summed E-state index contributed by atoms with van der Waals surface area (Å²) in [7, 11) is -5.66. The predicted octanol–water partition coefficient (Wildman–Crippen LogP) is 4.21. The maximum atomic E-state index is 12.5. The SMILES string of the molecule is CC1(COC(N)=O)CCC(c2ccc3c(c2)CCC(OS(=O)(=O)C(F)(F)F)=C3)C1. The summed E-state index contributed by atoms with van der Waals surface area (Å²) >= 11 is 0. The second kappa shape index (κ2) is 7.55. The summed E-state index contributed by atoms with van der Waals surface area (Å²) in [5.41, 5.74) is 2.12. The van der Waals surface area contributed by atoms with E-state index in [1.54, 1.807) is 6.07 Å². The summed E-state index contributed by atoms with van der Waals surface area (Å²) in [6.07, 6.45) is 3.64. The molecule has 1 amide bonds. The van der Waals surface area contributed by atoms with Gasteiger partial charge in [0.05, 0.1) is 6.61 Å². The Bertz CT molecular complexity index is 942. The van der Waals surface area contributed by atoms with Crippen LogP contribution < -0.4 is 5.73 Å². The molecule has 1 fully saturated rings. The maximum absolute atomic E-state index is 12.5. The number of benzene rings is 1. The molecular formula is C19H22F3NO5S. The molecule has 10 heteroatoms. The van der Waals surface area contributed by atoms with Crippen LogP contribution in [0.25, 0.3) is 6.08 Å². The van der Waals surface area contributed by atoms with E-state index >= 15 is 0 Å². The van der Waals surface area contributed by atoms with Gasteiger partial charge >= 0.3 is 21.7 Å². The second-order valence-electron chi connectivity index (χ2n) is 7.91. The molecule has 1 saturated carbocycles. The fourth-order valence-corrected chi connectivity index (χ4v) is 4.48. The number of ether oxygens (including phenoxy) is 1. The van der Waals surface area contributed by atoms with Crippen molar-refractivity contribution in [2.45, 2.75) is 50.5 Å². The average Bonchev–Trinajstić information content (AvgIpc) is 3.01. The quantitative estimate of drug-likeness (QED) is 0.554. The topological polar surface area (TPSA) is 95.7 Å². The van der Waals surface area contributed by atoms with Crippen molar-refractivity contribution < 1.29 is 35.3 Å². The molecule has 6 nitrogen and oxygen atoms in total. The number of aryl methyl sites for hydroxylation is 1. The summed E-state index contributed by atoms with van der Waals surface area (Å²) in [4.78, 5) is 10.9. The summed E-state index contributed by atoms with van der Waals surface area (Å²) in [5, 5.41) is 0. The zero-order valence-electron chi connectivity index (χ0n) is 15.8. The molecule has 1 aromatic rings. The number of amides is 1. The molecule has 2 aliphatic rings. The first-order valence-electron chi connectivity index (χ1n) is 9.15. The Kier molecular flexibility index (Phi) is 5.59. The predicted molar refractivity (Wildman–Crippen MR) is 99.0 cm³/mol. The summed E-state index contributed by atoms with van der Waals surface area (Å²) in [6.45, 7) is 2.31. The third-order valence-corrected chi connectivity index (χ3v) is 6.49. The number of fused-ring (bicyclic) bond motifs is 1. The van der Waals surface area contributed by atoms with Crippen molar-refractivity contribution in [3.8, 4) is 0 Å². The number of rotatable bonds is 5. The van der Waals surface area contributed by atoms with E-state index in [4.69, 9.17) is 10.5 Å². The minimum atomic E-state index is -5.66. The van der Waals surface area contributed by atoms with Crippen molar-refractivity contribution in [3.05, 3.63) is 40.6 Å². The molecule has 0 heterocycles. The molecule has 2 aliphatic carbocycles. The van der Waals surface area contributed by atoms with E-state index in [2.05, 4.69) is 4.18 Å². The second-order valence-corrected chi connectivity index (χ2v) is 9.45. The van der Waals surface area contributed by atoms with Crippen LogP contribution in [0.2, 0.25) is 0 Å². The van der Waals surface area contributed by atoms with Crippen LogP contribution in [-0.4, -0.2) is 26.6 Å². The third-order valence-electron chi connectivity index (χ3n) is 5.49. The minimum Gasteiger partial charge on any atom is -0.449 e. The Balaban J connectivity index is 1.72. The van der Waals surface area contributed by atoms with Gasteiger partial charge in [-0.2, -0.15) is 21.6 Å². The molecule has 2 unspecified atom stereocenters. The van der Waals surface area contributed by atoms with Crippen molar-refractivity contribution in [3.63, 3.8) is 0 Å². The lowest BCUT2D eigenvalue weighted by Crippen LogP contribution is -2.25. The highest BCUT2D eigenvalue weighted by molar-refractivity contribution is 7.87. The third kappa shape index (κ3) is 4.85. The lowest BCUT2D eigenvalue weighted by atomic mass is 9.85. The zero-order chi connectivity index (χ0) is 21.4. The number of nitrogens with two attached hydrogens (primary N) is 1. The molecular weight excluding hydrogens is 411 g/mol. The number of hydrogen-bond acceptors (Lipinski definition) is 5. The number of carbonyl (C=O) groups is 1. The molecule has 0 spiro atoms. The largest absolute Gasteiger partial charge is 0.534 e. The lowest BCUT2D eigenvalue weighted by molar-refractivity contribution is -0.0522. The standard InChI is InChI=1S/C19H22F3NO5S/c1-18(11-27-17(23)24)7-6-15(10-18)13-2-3-14-9-16(5-4-12(14)8-13)28-29(25,26)19(20,21)22/h2-3,8-9,15H,4-7,10-11H2,1H3,(H2,23,24). The Labute approximate surface area is 167 Å². The summed E-state index contributed by atoms with van der Waals surface area (Å²) in [6, 6.07) is 5.66. The Hall–Kier alpha value is -2.23. The molecule has 0 radical (unpaired) electrons. The molecule has 0 aromatic heterocycles. The first-order valence-corrected chi connectivity index (χ1v) is 10.6. The number of hydrogen-bond donors (Lipinski definition) is 1. The van der Waals surface area contributed by atoms with E-state index < -0.39 is 21.7 Å². The van der Waals surface area contributed by atoms with Crippen LogP contribution in [0.3, 0.4) is 0 Å². The van der Waals surface area contributed by atoms with Crippen LogP contribution in [0.1, 0.15) is 55.2 Å². The van der Waals surface area contributed by atoms with Gasteiger partial charge in [0.15, 0.2) is 0 Å². The molecule has 0 bridgehead atoms. The molecule has 0 aliphatic heterocycles. The van der Waals surface area contributed by atoms with Gasteiger partial charge in [-0.05, 0) is 54.4 Å². The van der Waals surface area contributed by atoms with Crippen LogP contribution >= 0.6 is 0 Å². The Morgan fingerprint density at radius 1 is 1.31 bits per heavy atom. The minimum absolute atomic E-state index is 0.0700. The molecule has 29 heavy (non-hydrogen) atoms. The highest BCUT2D eigenvalue weighted by Crippen LogP contribution is 2.47. The van der Waals surface area contributed by atoms with Gasteiger partial charge in [0.1, 0.15) is 5.76 Å². The van der Waals surface area contributed by atoms with Crippen molar-refractivity contribution in [2.24, 2.45) is 11.1 Å². The molecule has 1 aromatic carbocycles. The molecule has 2 N–H and O–H groups in total. The first-order chi connectivity index (χ1) is 13.4. The Morgan fingerprint density at radius 3 is 2.69 bits per heavy atom. The van der Waals surface area contributed by atoms with Crippen LogP contribution in [-0.2, 0) is 25.5 Å². The van der Waals surface area contributed by atoms with Crippen molar-refractivity contribution in [1.82, 2.24) is 0 Å². The van der Waals surface area contributed by atoms with Gasteiger partial charge in [-0.15, -0.1) is 0 Å². The highest BCUT2D eigenvalue weighted by atomic mass is 32.2. The molecule has 0 saturated heterocycles. The van der Waals surface area contributed by atoms with Gasteiger partial charge in [-0.1, -0.05) is 25.1 Å². The average molecular weight is 433 g/mol. The van der Waals surface area contributed by atoms with Gasteiger partial charge in [0.25, 0.3) is 0 Å². The van der Waals surface area contributed by atoms with Gasteiger partial charge in [-0.3, -0.25) is 0 Å². The van der Waals surface area contributed by atoms with E-state index in [1.165, 1.54) is 6.08 Å². The van der Waals surface area contributed by atoms with Crippen LogP contribution in [0.4, 0.5) is 18.0 Å². The van der Waals surface area contributed by atoms with E-state index in [1.807, 2.05) is 19.1 Å². The molecule has 2 atom stereocenters. The monoisotopic (exact) mass is 433 g/mol. The van der Waals surface area contributed by atoms with E-state index in [0.29, 0.717) is 12.0 Å². The molecule has 3 rings (SSSR count). The van der Waals surface area contributed by atoms with Crippen molar-refractivity contribution in [1.29, 1.82) is 0 Å². The normalized spacial score (nSPS) is 24.6. The number of allylic oxidation sites excluding steroid dienone is 1. The first kappa shape index (κ1) is 21.5. The van der Waals surface area contributed by atoms with Crippen molar-refractivity contribution in [2.75, 3.05) is 6.61 Å². The maximum Gasteiger partial charge on any atom is 0.534 e. The van der Waals surface area contributed by atoms with E-state index in [-0.39, 0.29) is 30.1 Å². The van der Waals surface area contributed by atoms with Gasteiger partial charge < -0.3 is 14.7 Å². The smallest absolute Gasteiger partial charge is 0.449 e. The fourth-order valence-electron chi connectivity index (χ4n) is 3.98. The summed E-state index contributed by atoms with van der Waals surface area (Å²) in [5.74, 6) is 0.0497. The van der Waals surface area contributed by atoms with Gasteiger partial charge in [-0.25, -0.2) is 4.79 Å².